The normalized spacial score (nSPS) is 12.3. The van der Waals surface area contributed by atoms with E-state index in [2.05, 4.69) is 46.8 Å². The molecule has 0 aliphatic carbocycles. The van der Waals surface area contributed by atoms with E-state index >= 15 is 0 Å². The van der Waals surface area contributed by atoms with Crippen molar-refractivity contribution in [1.29, 1.82) is 0 Å². The van der Waals surface area contributed by atoms with Gasteiger partial charge in [-0.05, 0) is 36.8 Å². The van der Waals surface area contributed by atoms with Crippen LogP contribution in [-0.2, 0) is 6.54 Å². The minimum absolute atomic E-state index is 0.282. The van der Waals surface area contributed by atoms with E-state index in [-0.39, 0.29) is 5.91 Å². The number of carbonyl (C=O) groups excluding carboxylic acids is 1. The summed E-state index contributed by atoms with van der Waals surface area (Å²) in [6, 6.07) is 17.2. The lowest BCUT2D eigenvalue weighted by atomic mass is 10.1. The van der Waals surface area contributed by atoms with Crippen LogP contribution in [0.4, 0.5) is 11.4 Å². The molecule has 2 N–H and O–H groups in total. The minimum Gasteiger partial charge on any atom is -0.486 e. The van der Waals surface area contributed by atoms with E-state index in [9.17, 15) is 4.79 Å². The van der Waals surface area contributed by atoms with E-state index < -0.39 is 0 Å². The number of nitrogens with one attached hydrogen (secondary N) is 2. The maximum Gasteiger partial charge on any atom is 0.274 e. The Morgan fingerprint density at radius 3 is 2.57 bits per heavy atom. The molecule has 1 aliphatic heterocycles. The highest BCUT2D eigenvalue weighted by molar-refractivity contribution is 6.03. The van der Waals surface area contributed by atoms with Gasteiger partial charge in [-0.15, -0.1) is 0 Å². The fourth-order valence-electron chi connectivity index (χ4n) is 2.89. The van der Waals surface area contributed by atoms with Crippen molar-refractivity contribution in [3.05, 3.63) is 77.6 Å². The molecule has 6 nitrogen and oxygen atoms in total. The number of anilines is 2. The van der Waals surface area contributed by atoms with Gasteiger partial charge in [-0.25, -0.2) is 0 Å². The van der Waals surface area contributed by atoms with Crippen LogP contribution < -0.4 is 20.1 Å². The first-order chi connectivity index (χ1) is 13.7. The predicted octanol–water partition coefficient (Wildman–Crippen LogP) is 4.03. The van der Waals surface area contributed by atoms with Crippen molar-refractivity contribution in [3.8, 4) is 11.5 Å². The Bertz CT molecular complexity index is 987. The molecule has 0 radical (unpaired) electrons. The summed E-state index contributed by atoms with van der Waals surface area (Å²) < 4.78 is 11.0. The van der Waals surface area contributed by atoms with Crippen LogP contribution in [-0.4, -0.2) is 24.1 Å². The number of pyridine rings is 1. The molecule has 1 amide bonds. The first kappa shape index (κ1) is 17.9. The molecule has 0 saturated heterocycles. The second kappa shape index (κ2) is 8.00. The highest BCUT2D eigenvalue weighted by Gasteiger charge is 2.14. The Labute approximate surface area is 163 Å². The molecule has 0 spiro atoms. The van der Waals surface area contributed by atoms with Crippen LogP contribution in [0.2, 0.25) is 0 Å². The zero-order chi connectivity index (χ0) is 19.3. The van der Waals surface area contributed by atoms with Crippen molar-refractivity contribution in [2.45, 2.75) is 13.5 Å². The molecule has 1 aliphatic rings. The number of aromatic nitrogens is 1. The number of aryl methyl sites for hydroxylation is 1. The van der Waals surface area contributed by atoms with Crippen molar-refractivity contribution >= 4 is 17.3 Å². The molecule has 0 unspecified atom stereocenters. The summed E-state index contributed by atoms with van der Waals surface area (Å²) in [6.07, 6.45) is 1.62. The van der Waals surface area contributed by atoms with Gasteiger partial charge in [-0.2, -0.15) is 0 Å². The van der Waals surface area contributed by atoms with Gasteiger partial charge >= 0.3 is 0 Å². The van der Waals surface area contributed by atoms with Gasteiger partial charge in [-0.1, -0.05) is 29.8 Å². The number of nitrogens with zero attached hydrogens (tertiary/aromatic N) is 1. The van der Waals surface area contributed by atoms with Gasteiger partial charge < -0.3 is 20.1 Å². The average molecular weight is 375 g/mol. The van der Waals surface area contributed by atoms with Crippen molar-refractivity contribution in [3.63, 3.8) is 0 Å². The standard InChI is InChI=1S/C22H21N3O3/c1-15-2-4-16(5-3-15)14-24-17-8-9-23-19(12-17)22(26)25-18-6-7-20-21(13-18)28-11-10-27-20/h2-9,12-13H,10-11,14H2,1H3,(H,23,24)(H,25,26). The van der Waals surface area contributed by atoms with Gasteiger partial charge in [0.1, 0.15) is 18.9 Å². The first-order valence-electron chi connectivity index (χ1n) is 9.14. The summed E-state index contributed by atoms with van der Waals surface area (Å²) in [4.78, 5) is 16.8. The molecule has 6 heteroatoms. The van der Waals surface area contributed by atoms with Gasteiger partial charge in [0.25, 0.3) is 5.91 Å². The fourth-order valence-corrected chi connectivity index (χ4v) is 2.89. The topological polar surface area (TPSA) is 72.5 Å². The summed E-state index contributed by atoms with van der Waals surface area (Å²) in [5.74, 6) is 1.03. The quantitative estimate of drug-likeness (QED) is 0.705. The van der Waals surface area contributed by atoms with Crippen LogP contribution in [0.1, 0.15) is 21.6 Å². The van der Waals surface area contributed by atoms with E-state index in [0.717, 1.165) is 5.69 Å². The number of benzene rings is 2. The highest BCUT2D eigenvalue weighted by Crippen LogP contribution is 2.32. The molecule has 2 aromatic carbocycles. The molecular formula is C22H21N3O3. The number of hydrogen-bond donors (Lipinski definition) is 2. The minimum atomic E-state index is -0.282. The Kier molecular flexibility index (Phi) is 5.10. The van der Waals surface area contributed by atoms with Gasteiger partial charge in [0.15, 0.2) is 11.5 Å². The predicted molar refractivity (Wildman–Crippen MR) is 108 cm³/mol. The summed E-state index contributed by atoms with van der Waals surface area (Å²) >= 11 is 0. The summed E-state index contributed by atoms with van der Waals surface area (Å²) in [6.45, 7) is 3.77. The molecule has 0 fully saturated rings. The van der Waals surface area contributed by atoms with E-state index in [1.54, 1.807) is 30.5 Å². The third-order valence-corrected chi connectivity index (χ3v) is 4.41. The van der Waals surface area contributed by atoms with Gasteiger partial charge in [0, 0.05) is 30.2 Å². The zero-order valence-electron chi connectivity index (χ0n) is 15.6. The van der Waals surface area contributed by atoms with Gasteiger partial charge in [0.2, 0.25) is 0 Å². The second-order valence-electron chi connectivity index (χ2n) is 6.58. The van der Waals surface area contributed by atoms with Crippen LogP contribution in [0.25, 0.3) is 0 Å². The Morgan fingerprint density at radius 1 is 0.964 bits per heavy atom. The SMILES string of the molecule is Cc1ccc(CNc2ccnc(C(=O)Nc3ccc4c(c3)OCCO4)c2)cc1. The molecule has 142 valence electrons. The van der Waals surface area contributed by atoms with E-state index in [0.29, 0.717) is 42.6 Å². The molecular weight excluding hydrogens is 354 g/mol. The van der Waals surface area contributed by atoms with Gasteiger partial charge in [0.05, 0.1) is 0 Å². The molecule has 3 aromatic rings. The van der Waals surface area contributed by atoms with Crippen LogP contribution in [0.15, 0.2) is 60.8 Å². The lowest BCUT2D eigenvalue weighted by molar-refractivity contribution is 0.102. The van der Waals surface area contributed by atoms with E-state index in [1.807, 2.05) is 6.07 Å². The van der Waals surface area contributed by atoms with Crippen molar-refractivity contribution in [2.24, 2.45) is 0 Å². The van der Waals surface area contributed by atoms with Crippen molar-refractivity contribution < 1.29 is 14.3 Å². The van der Waals surface area contributed by atoms with Gasteiger partial charge in [-0.3, -0.25) is 9.78 Å². The molecule has 1 aromatic heterocycles. The van der Waals surface area contributed by atoms with E-state index in [1.165, 1.54) is 11.1 Å². The first-order valence-corrected chi connectivity index (χ1v) is 9.14. The lowest BCUT2D eigenvalue weighted by Crippen LogP contribution is -2.17. The van der Waals surface area contributed by atoms with Crippen LogP contribution in [0.5, 0.6) is 11.5 Å². The third-order valence-electron chi connectivity index (χ3n) is 4.41. The fraction of sp³-hybridized carbons (Fsp3) is 0.182. The number of rotatable bonds is 5. The molecule has 4 rings (SSSR count). The molecule has 0 atom stereocenters. The molecule has 2 heterocycles. The summed E-state index contributed by atoms with van der Waals surface area (Å²) in [5, 5.41) is 6.17. The second-order valence-corrected chi connectivity index (χ2v) is 6.58. The van der Waals surface area contributed by atoms with E-state index in [4.69, 9.17) is 9.47 Å². The van der Waals surface area contributed by atoms with Crippen LogP contribution in [0, 0.1) is 6.92 Å². The van der Waals surface area contributed by atoms with Crippen LogP contribution >= 0.6 is 0 Å². The number of amides is 1. The number of ether oxygens (including phenoxy) is 2. The smallest absolute Gasteiger partial charge is 0.274 e. The number of hydrogen-bond acceptors (Lipinski definition) is 5. The Balaban J connectivity index is 1.42. The largest absolute Gasteiger partial charge is 0.486 e. The van der Waals surface area contributed by atoms with Crippen LogP contribution in [0.3, 0.4) is 0 Å². The van der Waals surface area contributed by atoms with Crippen molar-refractivity contribution in [2.75, 3.05) is 23.8 Å². The van der Waals surface area contributed by atoms with Crippen molar-refractivity contribution in [1.82, 2.24) is 4.98 Å². The summed E-state index contributed by atoms with van der Waals surface area (Å²) in [7, 11) is 0. The monoisotopic (exact) mass is 375 g/mol. The molecule has 0 saturated carbocycles. The maximum atomic E-state index is 12.6. The lowest BCUT2D eigenvalue weighted by Gasteiger charge is -2.19. The molecule has 0 bridgehead atoms. The third kappa shape index (κ3) is 4.23. The highest BCUT2D eigenvalue weighted by atomic mass is 16.6. The maximum absolute atomic E-state index is 12.6. The molecule has 28 heavy (non-hydrogen) atoms. The summed E-state index contributed by atoms with van der Waals surface area (Å²) in [5.41, 5.74) is 4.20. The number of carbonyl (C=O) groups is 1. The number of fused-ring (bicyclic) bond motifs is 1. The Hall–Kier alpha value is -3.54. The zero-order valence-corrected chi connectivity index (χ0v) is 15.6. The Morgan fingerprint density at radius 2 is 1.75 bits per heavy atom. The average Bonchev–Trinajstić information content (AvgIpc) is 2.73.